The number of hydrogen-bond donors (Lipinski definition) is 2. The quantitative estimate of drug-likeness (QED) is 0.833. The second-order valence-electron chi connectivity index (χ2n) is 3.94. The first-order chi connectivity index (χ1) is 7.98. The lowest BCUT2D eigenvalue weighted by Crippen LogP contribution is -2.43. The van der Waals surface area contributed by atoms with E-state index in [9.17, 15) is 13.2 Å². The molecule has 0 bridgehead atoms. The molecule has 2 N–H and O–H groups in total. The Kier molecular flexibility index (Phi) is 5.28. The van der Waals surface area contributed by atoms with Crippen molar-refractivity contribution in [2.24, 2.45) is 0 Å². The van der Waals surface area contributed by atoms with Crippen LogP contribution < -0.4 is 10.6 Å². The van der Waals surface area contributed by atoms with Crippen LogP contribution in [0.3, 0.4) is 0 Å². The van der Waals surface area contributed by atoms with Gasteiger partial charge in [-0.15, -0.1) is 12.4 Å². The van der Waals surface area contributed by atoms with Gasteiger partial charge in [0.15, 0.2) is 0 Å². The van der Waals surface area contributed by atoms with Crippen molar-refractivity contribution in [3.05, 3.63) is 34.3 Å². The lowest BCUT2D eigenvalue weighted by Gasteiger charge is -2.27. The molecule has 0 aliphatic carbocycles. The van der Waals surface area contributed by atoms with Gasteiger partial charge in [0.1, 0.15) is 0 Å². The van der Waals surface area contributed by atoms with E-state index in [2.05, 4.69) is 10.6 Å². The summed E-state index contributed by atoms with van der Waals surface area (Å²) in [5.74, 6) is 0. The SMILES string of the molecule is Cl.FC(F)(F)c1cc(Cl)ccc1[C@H]1CNCCN1. The molecule has 0 saturated carbocycles. The molecule has 0 radical (unpaired) electrons. The van der Waals surface area contributed by atoms with Crippen LogP contribution in [0, 0.1) is 0 Å². The molecule has 1 aliphatic rings. The Bertz CT molecular complexity index is 404. The Morgan fingerprint density at radius 3 is 2.50 bits per heavy atom. The topological polar surface area (TPSA) is 24.1 Å². The van der Waals surface area contributed by atoms with Crippen LogP contribution in [0.5, 0.6) is 0 Å². The average molecular weight is 301 g/mol. The number of alkyl halides is 3. The van der Waals surface area contributed by atoms with Gasteiger partial charge in [0.05, 0.1) is 5.56 Å². The standard InChI is InChI=1S/C11H12ClF3N2.ClH/c12-7-1-2-8(9(5-7)11(13,14)15)10-6-16-3-4-17-10;/h1-2,5,10,16-17H,3-4,6H2;1H/t10-;/m1./s1. The largest absolute Gasteiger partial charge is 0.416 e. The maximum Gasteiger partial charge on any atom is 0.416 e. The number of hydrogen-bond acceptors (Lipinski definition) is 2. The third-order valence-electron chi connectivity index (χ3n) is 2.74. The number of rotatable bonds is 1. The molecule has 0 unspecified atom stereocenters. The fourth-order valence-electron chi connectivity index (χ4n) is 1.95. The predicted octanol–water partition coefficient (Wildman–Crippen LogP) is 3.01. The number of halogens is 5. The molecule has 0 amide bonds. The maximum atomic E-state index is 12.9. The van der Waals surface area contributed by atoms with Gasteiger partial charge in [-0.3, -0.25) is 0 Å². The van der Waals surface area contributed by atoms with Crippen molar-refractivity contribution < 1.29 is 13.2 Å². The first kappa shape index (κ1) is 15.6. The highest BCUT2D eigenvalue weighted by atomic mass is 35.5. The van der Waals surface area contributed by atoms with Crippen LogP contribution in [0.4, 0.5) is 13.2 Å². The van der Waals surface area contributed by atoms with E-state index in [-0.39, 0.29) is 29.0 Å². The smallest absolute Gasteiger partial charge is 0.314 e. The number of nitrogens with one attached hydrogen (secondary N) is 2. The minimum absolute atomic E-state index is 0. The fourth-order valence-corrected chi connectivity index (χ4v) is 2.12. The molecule has 18 heavy (non-hydrogen) atoms. The highest BCUT2D eigenvalue weighted by Crippen LogP contribution is 2.36. The third-order valence-corrected chi connectivity index (χ3v) is 2.97. The molecule has 1 aliphatic heterocycles. The van der Waals surface area contributed by atoms with Crippen molar-refractivity contribution in [2.75, 3.05) is 19.6 Å². The molecular weight excluding hydrogens is 288 g/mol. The molecule has 102 valence electrons. The zero-order valence-corrected chi connectivity index (χ0v) is 10.9. The van der Waals surface area contributed by atoms with Gasteiger partial charge in [-0.25, -0.2) is 0 Å². The van der Waals surface area contributed by atoms with E-state index in [0.29, 0.717) is 13.1 Å². The summed E-state index contributed by atoms with van der Waals surface area (Å²) in [4.78, 5) is 0. The van der Waals surface area contributed by atoms with Gasteiger partial charge >= 0.3 is 6.18 Å². The molecule has 1 fully saturated rings. The minimum Gasteiger partial charge on any atom is -0.314 e. The van der Waals surface area contributed by atoms with Crippen molar-refractivity contribution >= 4 is 24.0 Å². The summed E-state index contributed by atoms with van der Waals surface area (Å²) in [6.45, 7) is 1.92. The van der Waals surface area contributed by atoms with Gasteiger partial charge in [-0.2, -0.15) is 13.2 Å². The molecule has 7 heteroatoms. The number of benzene rings is 1. The lowest BCUT2D eigenvalue weighted by molar-refractivity contribution is -0.138. The van der Waals surface area contributed by atoms with E-state index in [4.69, 9.17) is 11.6 Å². The summed E-state index contributed by atoms with van der Waals surface area (Å²) >= 11 is 5.63. The van der Waals surface area contributed by atoms with Crippen LogP contribution in [0.15, 0.2) is 18.2 Å². The highest BCUT2D eigenvalue weighted by Gasteiger charge is 2.35. The van der Waals surface area contributed by atoms with Gasteiger partial charge < -0.3 is 10.6 Å². The molecule has 0 spiro atoms. The molecule has 1 heterocycles. The molecule has 2 rings (SSSR count). The van der Waals surface area contributed by atoms with Crippen LogP contribution in [0.25, 0.3) is 0 Å². The van der Waals surface area contributed by atoms with E-state index >= 15 is 0 Å². The fraction of sp³-hybridized carbons (Fsp3) is 0.455. The van der Waals surface area contributed by atoms with E-state index < -0.39 is 11.7 Å². The Hall–Kier alpha value is -0.490. The Morgan fingerprint density at radius 2 is 1.94 bits per heavy atom. The average Bonchev–Trinajstić information content (AvgIpc) is 2.29. The second-order valence-corrected chi connectivity index (χ2v) is 4.38. The molecule has 1 saturated heterocycles. The summed E-state index contributed by atoms with van der Waals surface area (Å²) in [7, 11) is 0. The van der Waals surface area contributed by atoms with Gasteiger partial charge in [0, 0.05) is 30.7 Å². The lowest BCUT2D eigenvalue weighted by atomic mass is 9.98. The van der Waals surface area contributed by atoms with Crippen LogP contribution in [0.1, 0.15) is 17.2 Å². The van der Waals surface area contributed by atoms with Crippen molar-refractivity contribution in [3.8, 4) is 0 Å². The molecule has 1 atom stereocenters. The predicted molar refractivity (Wildman–Crippen MR) is 67.3 cm³/mol. The zero-order valence-electron chi connectivity index (χ0n) is 9.35. The highest BCUT2D eigenvalue weighted by molar-refractivity contribution is 6.30. The van der Waals surface area contributed by atoms with Crippen molar-refractivity contribution in [1.82, 2.24) is 10.6 Å². The third kappa shape index (κ3) is 3.51. The van der Waals surface area contributed by atoms with Crippen molar-refractivity contribution in [1.29, 1.82) is 0 Å². The van der Waals surface area contributed by atoms with E-state index in [1.165, 1.54) is 12.1 Å². The molecular formula is C11H13Cl2F3N2. The van der Waals surface area contributed by atoms with Crippen molar-refractivity contribution in [2.45, 2.75) is 12.2 Å². The van der Waals surface area contributed by atoms with Gasteiger partial charge in [0.25, 0.3) is 0 Å². The molecule has 2 nitrogen and oxygen atoms in total. The van der Waals surface area contributed by atoms with Crippen LogP contribution in [-0.2, 0) is 6.18 Å². The van der Waals surface area contributed by atoms with Gasteiger partial charge in [-0.1, -0.05) is 17.7 Å². The van der Waals surface area contributed by atoms with Crippen molar-refractivity contribution in [3.63, 3.8) is 0 Å². The first-order valence-electron chi connectivity index (χ1n) is 5.29. The summed E-state index contributed by atoms with van der Waals surface area (Å²) in [5, 5.41) is 6.23. The van der Waals surface area contributed by atoms with Gasteiger partial charge in [0.2, 0.25) is 0 Å². The first-order valence-corrected chi connectivity index (χ1v) is 5.67. The molecule has 0 aromatic heterocycles. The van der Waals surface area contributed by atoms with Crippen LogP contribution in [-0.4, -0.2) is 19.6 Å². The minimum atomic E-state index is -4.38. The summed E-state index contributed by atoms with van der Waals surface area (Å²) in [6, 6.07) is 3.59. The Balaban J connectivity index is 0.00000162. The second kappa shape index (κ2) is 6.10. The van der Waals surface area contributed by atoms with E-state index in [1.807, 2.05) is 0 Å². The summed E-state index contributed by atoms with van der Waals surface area (Å²) in [6.07, 6.45) is -4.38. The molecule has 1 aromatic carbocycles. The van der Waals surface area contributed by atoms with E-state index in [0.717, 1.165) is 12.6 Å². The van der Waals surface area contributed by atoms with E-state index in [1.54, 1.807) is 0 Å². The Labute approximate surface area is 114 Å². The monoisotopic (exact) mass is 300 g/mol. The zero-order chi connectivity index (χ0) is 12.5. The normalized spacial score (nSPS) is 20.3. The van der Waals surface area contributed by atoms with Crippen LogP contribution in [0.2, 0.25) is 5.02 Å². The van der Waals surface area contributed by atoms with Crippen LogP contribution >= 0.6 is 24.0 Å². The Morgan fingerprint density at radius 1 is 1.22 bits per heavy atom. The summed E-state index contributed by atoms with van der Waals surface area (Å²) in [5.41, 5.74) is -0.416. The van der Waals surface area contributed by atoms with Gasteiger partial charge in [-0.05, 0) is 17.7 Å². The maximum absolute atomic E-state index is 12.9. The molecule has 1 aromatic rings. The number of piperazine rings is 1. The summed E-state index contributed by atoms with van der Waals surface area (Å²) < 4.78 is 38.6.